The lowest BCUT2D eigenvalue weighted by atomic mass is 10.2. The number of carboxylic acid groups (broad SMARTS) is 1. The first kappa shape index (κ1) is 12.4. The summed E-state index contributed by atoms with van der Waals surface area (Å²) in [6, 6.07) is 0. The summed E-state index contributed by atoms with van der Waals surface area (Å²) in [5.41, 5.74) is 0. The van der Waals surface area contributed by atoms with Gasteiger partial charge in [-0.2, -0.15) is 0 Å². The summed E-state index contributed by atoms with van der Waals surface area (Å²) in [5.74, 6) is -0.599. The standard InChI is InChI=1S/C12H19NO4/c14-11(15)5-6-13(12(16)9-3-4-9)8-10-2-1-7-17-10/h9-10H,1-8H2,(H,14,15). The van der Waals surface area contributed by atoms with Crippen LogP contribution >= 0.6 is 0 Å². The average molecular weight is 241 g/mol. The Bertz CT molecular complexity index is 295. The number of hydrogen-bond donors (Lipinski definition) is 1. The van der Waals surface area contributed by atoms with Crippen molar-refractivity contribution in [3.8, 4) is 0 Å². The lowest BCUT2D eigenvalue weighted by molar-refractivity contribution is -0.139. The van der Waals surface area contributed by atoms with Crippen LogP contribution < -0.4 is 0 Å². The van der Waals surface area contributed by atoms with Crippen LogP contribution in [0.2, 0.25) is 0 Å². The molecule has 0 bridgehead atoms. The van der Waals surface area contributed by atoms with Crippen molar-refractivity contribution in [1.29, 1.82) is 0 Å². The summed E-state index contributed by atoms with van der Waals surface area (Å²) in [6.45, 7) is 1.63. The van der Waals surface area contributed by atoms with Gasteiger partial charge in [-0.1, -0.05) is 0 Å². The molecular weight excluding hydrogens is 222 g/mol. The van der Waals surface area contributed by atoms with Crippen LogP contribution in [0, 0.1) is 5.92 Å². The van der Waals surface area contributed by atoms with Gasteiger partial charge in [0, 0.05) is 25.6 Å². The minimum atomic E-state index is -0.856. The molecule has 0 aromatic rings. The number of aliphatic carboxylic acids is 1. The van der Waals surface area contributed by atoms with Crippen LogP contribution in [0.4, 0.5) is 0 Å². The molecular formula is C12H19NO4. The van der Waals surface area contributed by atoms with Crippen LogP contribution in [-0.2, 0) is 14.3 Å². The Kier molecular flexibility index (Phi) is 3.99. The Balaban J connectivity index is 1.85. The molecule has 1 saturated carbocycles. The minimum Gasteiger partial charge on any atom is -0.481 e. The number of ether oxygens (including phenoxy) is 1. The lowest BCUT2D eigenvalue weighted by Crippen LogP contribution is -2.39. The van der Waals surface area contributed by atoms with Crippen LogP contribution in [0.3, 0.4) is 0 Å². The zero-order chi connectivity index (χ0) is 12.3. The molecule has 1 heterocycles. The normalized spacial score (nSPS) is 23.6. The molecule has 2 rings (SSSR count). The second-order valence-corrected chi connectivity index (χ2v) is 4.84. The Labute approximate surface area is 101 Å². The lowest BCUT2D eigenvalue weighted by Gasteiger charge is -2.25. The minimum absolute atomic E-state index is 0.0190. The van der Waals surface area contributed by atoms with Gasteiger partial charge in [0.1, 0.15) is 0 Å². The van der Waals surface area contributed by atoms with E-state index in [9.17, 15) is 9.59 Å². The second kappa shape index (κ2) is 5.49. The summed E-state index contributed by atoms with van der Waals surface area (Å²) in [5, 5.41) is 8.69. The molecule has 17 heavy (non-hydrogen) atoms. The van der Waals surface area contributed by atoms with Crippen molar-refractivity contribution in [2.24, 2.45) is 5.92 Å². The SMILES string of the molecule is O=C(O)CCN(CC1CCCO1)C(=O)C1CC1. The van der Waals surface area contributed by atoms with E-state index in [0.717, 1.165) is 32.3 Å². The summed E-state index contributed by atoms with van der Waals surface area (Å²) < 4.78 is 5.50. The van der Waals surface area contributed by atoms with Crippen LogP contribution in [-0.4, -0.2) is 47.7 Å². The molecule has 5 heteroatoms. The smallest absolute Gasteiger partial charge is 0.305 e. The van der Waals surface area contributed by atoms with Crippen LogP contribution in [0.1, 0.15) is 32.1 Å². The highest BCUT2D eigenvalue weighted by Crippen LogP contribution is 2.31. The first-order chi connectivity index (χ1) is 8.16. The van der Waals surface area contributed by atoms with Crippen LogP contribution in [0.15, 0.2) is 0 Å². The number of carbonyl (C=O) groups excluding carboxylic acids is 1. The van der Waals surface area contributed by atoms with Gasteiger partial charge in [0.15, 0.2) is 0 Å². The maximum atomic E-state index is 12.0. The van der Waals surface area contributed by atoms with Crippen molar-refractivity contribution < 1.29 is 19.4 Å². The van der Waals surface area contributed by atoms with Crippen molar-refractivity contribution in [3.63, 3.8) is 0 Å². The molecule has 0 spiro atoms. The maximum Gasteiger partial charge on any atom is 0.305 e. The van der Waals surface area contributed by atoms with E-state index >= 15 is 0 Å². The van der Waals surface area contributed by atoms with E-state index in [-0.39, 0.29) is 24.3 Å². The molecule has 1 N–H and O–H groups in total. The van der Waals surface area contributed by atoms with Crippen LogP contribution in [0.25, 0.3) is 0 Å². The molecule has 0 aromatic heterocycles. The summed E-state index contributed by atoms with van der Waals surface area (Å²) in [6.07, 6.45) is 4.04. The Morgan fingerprint density at radius 1 is 1.29 bits per heavy atom. The highest BCUT2D eigenvalue weighted by Gasteiger charge is 2.34. The highest BCUT2D eigenvalue weighted by atomic mass is 16.5. The fourth-order valence-electron chi connectivity index (χ4n) is 2.14. The largest absolute Gasteiger partial charge is 0.481 e. The Morgan fingerprint density at radius 3 is 2.59 bits per heavy atom. The van der Waals surface area contributed by atoms with Gasteiger partial charge in [-0.15, -0.1) is 0 Å². The third-order valence-electron chi connectivity index (χ3n) is 3.28. The average Bonchev–Trinajstić information content (AvgIpc) is 3.02. The van der Waals surface area contributed by atoms with Gasteiger partial charge in [0.05, 0.1) is 12.5 Å². The quantitative estimate of drug-likeness (QED) is 0.749. The zero-order valence-electron chi connectivity index (χ0n) is 9.93. The van der Waals surface area contributed by atoms with E-state index in [1.165, 1.54) is 0 Å². The third kappa shape index (κ3) is 3.70. The molecule has 1 aliphatic heterocycles. The summed E-state index contributed by atoms with van der Waals surface area (Å²) in [4.78, 5) is 24.2. The van der Waals surface area contributed by atoms with Gasteiger partial charge in [0.2, 0.25) is 5.91 Å². The third-order valence-corrected chi connectivity index (χ3v) is 3.28. The molecule has 2 fully saturated rings. The molecule has 1 atom stereocenters. The number of nitrogens with zero attached hydrogens (tertiary/aromatic N) is 1. The predicted molar refractivity (Wildman–Crippen MR) is 60.5 cm³/mol. The highest BCUT2D eigenvalue weighted by molar-refractivity contribution is 5.81. The Hall–Kier alpha value is -1.10. The van der Waals surface area contributed by atoms with E-state index in [4.69, 9.17) is 9.84 Å². The summed E-state index contributed by atoms with van der Waals surface area (Å²) in [7, 11) is 0. The molecule has 5 nitrogen and oxygen atoms in total. The van der Waals surface area contributed by atoms with Gasteiger partial charge < -0.3 is 14.7 Å². The maximum absolute atomic E-state index is 12.0. The van der Waals surface area contributed by atoms with Crippen molar-refractivity contribution >= 4 is 11.9 Å². The first-order valence-electron chi connectivity index (χ1n) is 6.29. The summed E-state index contributed by atoms with van der Waals surface area (Å²) >= 11 is 0. The second-order valence-electron chi connectivity index (χ2n) is 4.84. The Morgan fingerprint density at radius 2 is 2.06 bits per heavy atom. The topological polar surface area (TPSA) is 66.8 Å². The molecule has 1 aliphatic carbocycles. The molecule has 96 valence electrons. The number of amides is 1. The predicted octanol–water partition coefficient (Wildman–Crippen LogP) is 0.879. The number of hydrogen-bond acceptors (Lipinski definition) is 3. The number of rotatable bonds is 6. The van der Waals surface area contributed by atoms with Crippen molar-refractivity contribution in [2.75, 3.05) is 19.7 Å². The fraction of sp³-hybridized carbons (Fsp3) is 0.833. The van der Waals surface area contributed by atoms with Crippen molar-refractivity contribution in [1.82, 2.24) is 4.90 Å². The fourth-order valence-corrected chi connectivity index (χ4v) is 2.14. The molecule has 2 aliphatic rings. The van der Waals surface area contributed by atoms with Gasteiger partial charge in [-0.25, -0.2) is 0 Å². The van der Waals surface area contributed by atoms with E-state index in [1.807, 2.05) is 0 Å². The van der Waals surface area contributed by atoms with Crippen LogP contribution in [0.5, 0.6) is 0 Å². The monoisotopic (exact) mass is 241 g/mol. The molecule has 0 aromatic carbocycles. The molecule has 1 amide bonds. The van der Waals surface area contributed by atoms with Gasteiger partial charge in [-0.05, 0) is 25.7 Å². The van der Waals surface area contributed by atoms with Crippen molar-refractivity contribution in [3.05, 3.63) is 0 Å². The van der Waals surface area contributed by atoms with Gasteiger partial charge in [-0.3, -0.25) is 9.59 Å². The van der Waals surface area contributed by atoms with E-state index in [0.29, 0.717) is 13.1 Å². The van der Waals surface area contributed by atoms with Gasteiger partial charge >= 0.3 is 5.97 Å². The molecule has 1 unspecified atom stereocenters. The zero-order valence-corrected chi connectivity index (χ0v) is 9.93. The molecule has 1 saturated heterocycles. The van der Waals surface area contributed by atoms with E-state index in [2.05, 4.69) is 0 Å². The first-order valence-corrected chi connectivity index (χ1v) is 6.29. The van der Waals surface area contributed by atoms with E-state index < -0.39 is 5.97 Å². The number of carbonyl (C=O) groups is 2. The molecule has 0 radical (unpaired) electrons. The number of carboxylic acids is 1. The van der Waals surface area contributed by atoms with Crippen molar-refractivity contribution in [2.45, 2.75) is 38.2 Å². The van der Waals surface area contributed by atoms with Gasteiger partial charge in [0.25, 0.3) is 0 Å². The van der Waals surface area contributed by atoms with E-state index in [1.54, 1.807) is 4.90 Å².